The Hall–Kier alpha value is -1.31. The monoisotopic (exact) mass is 258 g/mol. The van der Waals surface area contributed by atoms with Crippen molar-refractivity contribution in [1.29, 1.82) is 0 Å². The zero-order valence-corrected chi connectivity index (χ0v) is 11.7. The number of carbonyl (C=O) groups excluding carboxylic acids is 1. The highest BCUT2D eigenvalue weighted by Crippen LogP contribution is 2.51. The number of aromatic hydroxyl groups is 1. The molecule has 2 heteroatoms. The van der Waals surface area contributed by atoms with Crippen LogP contribution in [0.15, 0.2) is 12.1 Å². The van der Waals surface area contributed by atoms with E-state index in [1.165, 1.54) is 25.7 Å². The van der Waals surface area contributed by atoms with E-state index in [0.717, 1.165) is 23.0 Å². The molecule has 102 valence electrons. The molecule has 1 aromatic rings. The molecule has 3 rings (SSSR count). The van der Waals surface area contributed by atoms with Crippen LogP contribution in [-0.4, -0.2) is 11.4 Å². The molecule has 2 saturated carbocycles. The first-order valence-electron chi connectivity index (χ1n) is 7.44. The van der Waals surface area contributed by atoms with E-state index >= 15 is 0 Å². The molecule has 19 heavy (non-hydrogen) atoms. The van der Waals surface area contributed by atoms with Crippen molar-refractivity contribution in [1.82, 2.24) is 0 Å². The van der Waals surface area contributed by atoms with Gasteiger partial charge in [-0.05, 0) is 67.1 Å². The maximum Gasteiger partial charge on any atom is 0.150 e. The zero-order chi connectivity index (χ0) is 13.6. The van der Waals surface area contributed by atoms with Gasteiger partial charge in [-0.25, -0.2) is 0 Å². The second-order valence-corrected chi connectivity index (χ2v) is 6.37. The molecule has 1 aromatic carbocycles. The number of phenols is 1. The lowest BCUT2D eigenvalue weighted by Crippen LogP contribution is -2.09. The Morgan fingerprint density at radius 1 is 1.05 bits per heavy atom. The van der Waals surface area contributed by atoms with E-state index in [1.807, 2.05) is 0 Å². The molecule has 0 heterocycles. The standard InChI is InChI=1S/C17H22O2/c1-10(12-3-4-12)16-14(9-18)7-8-15(19)17(16)11(2)13-5-6-13/h7-13,19H,3-6H2,1-2H3/t10-,11-/m1/s1. The summed E-state index contributed by atoms with van der Waals surface area (Å²) in [6.45, 7) is 4.41. The van der Waals surface area contributed by atoms with Crippen molar-refractivity contribution < 1.29 is 9.90 Å². The first kappa shape index (κ1) is 12.7. The van der Waals surface area contributed by atoms with Crippen molar-refractivity contribution in [2.75, 3.05) is 0 Å². The summed E-state index contributed by atoms with van der Waals surface area (Å²) in [7, 11) is 0. The van der Waals surface area contributed by atoms with Crippen LogP contribution in [0, 0.1) is 11.8 Å². The number of hydrogen-bond acceptors (Lipinski definition) is 2. The lowest BCUT2D eigenvalue weighted by Gasteiger charge is -2.23. The van der Waals surface area contributed by atoms with Gasteiger partial charge in [0.25, 0.3) is 0 Å². The van der Waals surface area contributed by atoms with Gasteiger partial charge in [-0.3, -0.25) is 4.79 Å². The van der Waals surface area contributed by atoms with Gasteiger partial charge in [-0.15, -0.1) is 0 Å². The Balaban J connectivity index is 2.09. The highest BCUT2D eigenvalue weighted by atomic mass is 16.3. The van der Waals surface area contributed by atoms with Crippen LogP contribution in [0.5, 0.6) is 5.75 Å². The Bertz CT molecular complexity index is 498. The predicted molar refractivity (Wildman–Crippen MR) is 75.8 cm³/mol. The van der Waals surface area contributed by atoms with Gasteiger partial charge in [0.05, 0.1) is 0 Å². The van der Waals surface area contributed by atoms with Gasteiger partial charge < -0.3 is 5.11 Å². The summed E-state index contributed by atoms with van der Waals surface area (Å²) in [5.41, 5.74) is 2.95. The minimum Gasteiger partial charge on any atom is -0.508 e. The lowest BCUT2D eigenvalue weighted by atomic mass is 9.81. The van der Waals surface area contributed by atoms with Gasteiger partial charge in [-0.2, -0.15) is 0 Å². The van der Waals surface area contributed by atoms with Gasteiger partial charge in [0.2, 0.25) is 0 Å². The minimum absolute atomic E-state index is 0.371. The molecule has 2 atom stereocenters. The van der Waals surface area contributed by atoms with E-state index in [9.17, 15) is 9.90 Å². The summed E-state index contributed by atoms with van der Waals surface area (Å²) >= 11 is 0. The van der Waals surface area contributed by atoms with Crippen LogP contribution in [0.2, 0.25) is 0 Å². The highest BCUT2D eigenvalue weighted by Gasteiger charge is 2.37. The molecule has 2 aliphatic rings. The SMILES string of the molecule is C[C@@H](c1c(O)ccc(C=O)c1[C@H](C)C1CC1)C1CC1. The molecule has 2 aliphatic carbocycles. The summed E-state index contributed by atoms with van der Waals surface area (Å²) in [6, 6.07) is 3.47. The van der Waals surface area contributed by atoms with Crippen molar-refractivity contribution in [2.45, 2.75) is 51.4 Å². The number of benzene rings is 1. The average molecular weight is 258 g/mol. The van der Waals surface area contributed by atoms with Crippen molar-refractivity contribution in [2.24, 2.45) is 11.8 Å². The molecule has 2 nitrogen and oxygen atoms in total. The Labute approximate surface area is 114 Å². The average Bonchev–Trinajstić information content (AvgIpc) is 3.29. The molecule has 0 radical (unpaired) electrons. The zero-order valence-electron chi connectivity index (χ0n) is 11.7. The lowest BCUT2D eigenvalue weighted by molar-refractivity contribution is 0.112. The van der Waals surface area contributed by atoms with E-state index in [1.54, 1.807) is 12.1 Å². The summed E-state index contributed by atoms with van der Waals surface area (Å²) in [5, 5.41) is 10.3. The minimum atomic E-state index is 0.371. The van der Waals surface area contributed by atoms with Crippen molar-refractivity contribution in [3.05, 3.63) is 28.8 Å². The molecule has 1 N–H and O–H groups in total. The van der Waals surface area contributed by atoms with Gasteiger partial charge >= 0.3 is 0 Å². The Morgan fingerprint density at radius 2 is 1.58 bits per heavy atom. The Kier molecular flexibility index (Phi) is 3.12. The number of hydrogen-bond donors (Lipinski definition) is 1. The Morgan fingerprint density at radius 3 is 2.05 bits per heavy atom. The summed E-state index contributed by atoms with van der Waals surface area (Å²) in [4.78, 5) is 11.4. The normalized spacial score (nSPS) is 22.0. The quantitative estimate of drug-likeness (QED) is 0.802. The van der Waals surface area contributed by atoms with Crippen LogP contribution in [-0.2, 0) is 0 Å². The third kappa shape index (κ3) is 2.29. The molecule has 0 saturated heterocycles. The van der Waals surface area contributed by atoms with Gasteiger partial charge in [0, 0.05) is 11.1 Å². The second kappa shape index (κ2) is 4.66. The van der Waals surface area contributed by atoms with Crippen molar-refractivity contribution in [3.8, 4) is 5.75 Å². The number of aldehydes is 1. The predicted octanol–water partition coefficient (Wildman–Crippen LogP) is 4.23. The van der Waals surface area contributed by atoms with E-state index in [4.69, 9.17) is 0 Å². The number of rotatable bonds is 5. The van der Waals surface area contributed by atoms with Crippen LogP contribution in [0.4, 0.5) is 0 Å². The van der Waals surface area contributed by atoms with E-state index in [0.29, 0.717) is 29.4 Å². The summed E-state index contributed by atoms with van der Waals surface area (Å²) < 4.78 is 0. The van der Waals surface area contributed by atoms with Crippen molar-refractivity contribution in [3.63, 3.8) is 0 Å². The molecule has 0 unspecified atom stereocenters. The summed E-state index contributed by atoms with van der Waals surface area (Å²) in [5.74, 6) is 2.54. The van der Waals surface area contributed by atoms with E-state index in [2.05, 4.69) is 13.8 Å². The fourth-order valence-corrected chi connectivity index (χ4v) is 3.40. The van der Waals surface area contributed by atoms with Crippen LogP contribution < -0.4 is 0 Å². The summed E-state index contributed by atoms with van der Waals surface area (Å²) in [6.07, 6.45) is 5.97. The maximum absolute atomic E-state index is 11.4. The maximum atomic E-state index is 11.4. The molecule has 0 spiro atoms. The third-order valence-electron chi connectivity index (χ3n) is 4.99. The smallest absolute Gasteiger partial charge is 0.150 e. The first-order valence-corrected chi connectivity index (χ1v) is 7.44. The van der Waals surface area contributed by atoms with Crippen molar-refractivity contribution >= 4 is 6.29 Å². The largest absolute Gasteiger partial charge is 0.508 e. The second-order valence-electron chi connectivity index (χ2n) is 6.37. The van der Waals surface area contributed by atoms with Crippen LogP contribution in [0.1, 0.15) is 72.9 Å². The highest BCUT2D eigenvalue weighted by molar-refractivity contribution is 5.79. The van der Waals surface area contributed by atoms with Crippen LogP contribution >= 0.6 is 0 Å². The molecule has 0 aliphatic heterocycles. The molecular formula is C17H22O2. The molecule has 0 aromatic heterocycles. The topological polar surface area (TPSA) is 37.3 Å². The van der Waals surface area contributed by atoms with Crippen LogP contribution in [0.25, 0.3) is 0 Å². The third-order valence-corrected chi connectivity index (χ3v) is 4.99. The number of carbonyl (C=O) groups is 1. The fourth-order valence-electron chi connectivity index (χ4n) is 3.40. The van der Waals surface area contributed by atoms with Crippen LogP contribution in [0.3, 0.4) is 0 Å². The van der Waals surface area contributed by atoms with Gasteiger partial charge in [0.15, 0.2) is 0 Å². The van der Waals surface area contributed by atoms with E-state index in [-0.39, 0.29) is 0 Å². The fraction of sp³-hybridized carbons (Fsp3) is 0.588. The van der Waals surface area contributed by atoms with Gasteiger partial charge in [-0.1, -0.05) is 13.8 Å². The first-order chi connectivity index (χ1) is 9.13. The molecule has 2 fully saturated rings. The number of phenolic OH excluding ortho intramolecular Hbond substituents is 1. The molecule has 0 amide bonds. The molecular weight excluding hydrogens is 236 g/mol. The van der Waals surface area contributed by atoms with E-state index < -0.39 is 0 Å². The van der Waals surface area contributed by atoms with Gasteiger partial charge in [0.1, 0.15) is 12.0 Å². The molecule has 0 bridgehead atoms.